The van der Waals surface area contributed by atoms with E-state index in [9.17, 15) is 34.5 Å². The number of nitrogens with one attached hydrogen (secondary N) is 3. The van der Waals surface area contributed by atoms with Crippen LogP contribution in [0.2, 0.25) is 0 Å². The Morgan fingerprint density at radius 3 is 1.62 bits per heavy atom. The van der Waals surface area contributed by atoms with Crippen LogP contribution in [-0.4, -0.2) is 105 Å². The molecule has 1 aliphatic heterocycles. The average molecular weight is 923 g/mol. The molecule has 0 saturated carbocycles. The van der Waals surface area contributed by atoms with Crippen molar-refractivity contribution in [3.8, 4) is 0 Å². The van der Waals surface area contributed by atoms with Gasteiger partial charge in [0.1, 0.15) is 42.0 Å². The number of unbranched alkanes of at least 4 members (excludes halogenated alkanes) is 22. The second-order valence-electron chi connectivity index (χ2n) is 20.1. The normalized spacial score (nSPS) is 19.8. The van der Waals surface area contributed by atoms with Crippen LogP contribution in [0.5, 0.6) is 0 Å². The molecular formula is C52H98N4O9. The van der Waals surface area contributed by atoms with Gasteiger partial charge in [-0.15, -0.1) is 0 Å². The van der Waals surface area contributed by atoms with Gasteiger partial charge in [-0.25, -0.2) is 4.79 Å². The van der Waals surface area contributed by atoms with Crippen molar-refractivity contribution >= 4 is 23.8 Å². The van der Waals surface area contributed by atoms with Crippen LogP contribution in [-0.2, 0) is 23.9 Å². The number of allylic oxidation sites excluding steroid dienone is 2. The summed E-state index contributed by atoms with van der Waals surface area (Å²) < 4.78 is 11.6. The first-order valence-corrected chi connectivity index (χ1v) is 26.2. The fourth-order valence-corrected chi connectivity index (χ4v) is 8.35. The van der Waals surface area contributed by atoms with E-state index in [0.717, 1.165) is 57.8 Å². The zero-order valence-corrected chi connectivity index (χ0v) is 42.5. The summed E-state index contributed by atoms with van der Waals surface area (Å²) >= 11 is 0. The third kappa shape index (κ3) is 28.3. The van der Waals surface area contributed by atoms with Crippen LogP contribution >= 0.6 is 0 Å². The number of aliphatic hydroxyl groups is 3. The van der Waals surface area contributed by atoms with Crippen LogP contribution in [0.4, 0.5) is 4.79 Å². The zero-order valence-electron chi connectivity index (χ0n) is 42.5. The SMILES string of the molecule is CCCCCCCCC=CCCCCCCCC(=O)N(CCCCCCCCCCCCCC)[C@@H]1O[C@H](CO)[C@@H](O)[C@H](O)[C@H]1NC(=O)[C@H](C)NC(=O)[C@H](CC(C)C)NC(=O)OC(C)(C)C. The lowest BCUT2D eigenvalue weighted by Gasteiger charge is -2.47. The number of nitrogens with zero attached hydrogens (tertiary/aromatic N) is 1. The lowest BCUT2D eigenvalue weighted by molar-refractivity contribution is -0.231. The molecule has 0 aromatic carbocycles. The van der Waals surface area contributed by atoms with Crippen molar-refractivity contribution in [2.24, 2.45) is 5.92 Å². The number of hydrogen-bond donors (Lipinski definition) is 6. The van der Waals surface area contributed by atoms with Crippen LogP contribution < -0.4 is 16.0 Å². The summed E-state index contributed by atoms with van der Waals surface area (Å²) in [4.78, 5) is 55.6. The van der Waals surface area contributed by atoms with E-state index >= 15 is 0 Å². The number of amides is 4. The molecule has 0 bridgehead atoms. The molecule has 65 heavy (non-hydrogen) atoms. The maximum Gasteiger partial charge on any atom is 0.408 e. The maximum absolute atomic E-state index is 14.2. The Morgan fingerprint density at radius 2 is 1.14 bits per heavy atom. The quantitative estimate of drug-likeness (QED) is 0.0261. The van der Waals surface area contributed by atoms with Gasteiger partial charge in [0.25, 0.3) is 0 Å². The van der Waals surface area contributed by atoms with Crippen molar-refractivity contribution in [1.82, 2.24) is 20.9 Å². The first-order valence-electron chi connectivity index (χ1n) is 26.2. The molecule has 1 rings (SSSR count). The van der Waals surface area contributed by atoms with Gasteiger partial charge in [0.15, 0.2) is 6.23 Å². The predicted molar refractivity (Wildman–Crippen MR) is 262 cm³/mol. The molecule has 1 heterocycles. The van der Waals surface area contributed by atoms with E-state index in [1.54, 1.807) is 25.7 Å². The molecule has 6 N–H and O–H groups in total. The minimum absolute atomic E-state index is 0.0292. The van der Waals surface area contributed by atoms with E-state index in [0.29, 0.717) is 19.4 Å². The molecule has 0 aromatic rings. The molecule has 0 spiro atoms. The molecule has 1 saturated heterocycles. The molecule has 0 radical (unpaired) electrons. The Morgan fingerprint density at radius 1 is 0.662 bits per heavy atom. The highest BCUT2D eigenvalue weighted by Gasteiger charge is 2.48. The molecule has 13 heteroatoms. The van der Waals surface area contributed by atoms with Crippen LogP contribution in [0.1, 0.15) is 229 Å². The molecular weight excluding hydrogens is 825 g/mol. The smallest absolute Gasteiger partial charge is 0.408 e. The fraction of sp³-hybridized carbons (Fsp3) is 0.885. The number of carbonyl (C=O) groups excluding carboxylic acids is 4. The molecule has 0 unspecified atom stereocenters. The number of hydrogen-bond acceptors (Lipinski definition) is 9. The van der Waals surface area contributed by atoms with E-state index < -0.39 is 72.8 Å². The Kier molecular flexibility index (Phi) is 33.7. The Hall–Kier alpha value is -2.74. The fourth-order valence-electron chi connectivity index (χ4n) is 8.35. The topological polar surface area (TPSA) is 187 Å². The maximum atomic E-state index is 14.2. The Labute approximate surface area is 395 Å². The summed E-state index contributed by atoms with van der Waals surface area (Å²) in [5, 5.41) is 40.7. The van der Waals surface area contributed by atoms with Crippen molar-refractivity contribution in [3.05, 3.63) is 12.2 Å². The first-order chi connectivity index (χ1) is 31.1. The molecule has 1 aliphatic rings. The van der Waals surface area contributed by atoms with Crippen LogP contribution in [0.25, 0.3) is 0 Å². The number of carbonyl (C=O) groups is 4. The van der Waals surface area contributed by atoms with Gasteiger partial charge in [-0.3, -0.25) is 14.4 Å². The van der Waals surface area contributed by atoms with Gasteiger partial charge in [0, 0.05) is 13.0 Å². The van der Waals surface area contributed by atoms with Crippen molar-refractivity contribution in [3.63, 3.8) is 0 Å². The third-order valence-electron chi connectivity index (χ3n) is 12.2. The second kappa shape index (κ2) is 36.3. The van der Waals surface area contributed by atoms with Crippen molar-refractivity contribution < 1.29 is 44.0 Å². The summed E-state index contributed by atoms with van der Waals surface area (Å²) in [6.07, 6.45) is 27.6. The second-order valence-corrected chi connectivity index (χ2v) is 20.1. The van der Waals surface area contributed by atoms with E-state index in [2.05, 4.69) is 41.9 Å². The van der Waals surface area contributed by atoms with Gasteiger partial charge in [-0.2, -0.15) is 0 Å². The summed E-state index contributed by atoms with van der Waals surface area (Å²) in [6, 6.07) is -3.38. The highest BCUT2D eigenvalue weighted by atomic mass is 16.6. The molecule has 0 aromatic heterocycles. The van der Waals surface area contributed by atoms with Gasteiger partial charge < -0.3 is 45.6 Å². The molecule has 7 atom stereocenters. The minimum Gasteiger partial charge on any atom is -0.444 e. The lowest BCUT2D eigenvalue weighted by atomic mass is 9.94. The minimum atomic E-state index is -1.59. The molecule has 1 fully saturated rings. The van der Waals surface area contributed by atoms with Gasteiger partial charge >= 0.3 is 6.09 Å². The predicted octanol–water partition coefficient (Wildman–Crippen LogP) is 9.92. The monoisotopic (exact) mass is 923 g/mol. The summed E-state index contributed by atoms with van der Waals surface area (Å²) in [5.41, 5.74) is -0.776. The highest BCUT2D eigenvalue weighted by molar-refractivity contribution is 5.91. The molecule has 4 amide bonds. The van der Waals surface area contributed by atoms with Crippen molar-refractivity contribution in [1.29, 1.82) is 0 Å². The largest absolute Gasteiger partial charge is 0.444 e. The van der Waals surface area contributed by atoms with E-state index in [-0.39, 0.29) is 24.7 Å². The van der Waals surface area contributed by atoms with Gasteiger partial charge in [-0.05, 0) is 78.6 Å². The average Bonchev–Trinajstić information content (AvgIpc) is 3.24. The standard InChI is InChI=1S/C52H98N4O9/c1-9-11-13-15-17-19-21-23-24-25-26-28-30-32-34-36-44(58)56(37-35-33-31-29-27-22-20-18-16-14-12-10-2)50-45(47(60)46(59)43(39-57)64-50)55-48(61)41(5)53-49(62)42(38-40(3)4)54-51(63)65-52(6,7)8/h23-24,40-43,45-47,50,57,59-60H,9-22,25-39H2,1-8H3,(H,53,62)(H,54,63)(H,55,61)/t41-,42-,43+,45+,46+,47+,50+/m0/s1. The molecule has 380 valence electrons. The van der Waals surface area contributed by atoms with Gasteiger partial charge in [0.05, 0.1) is 6.61 Å². The van der Waals surface area contributed by atoms with Crippen LogP contribution in [0, 0.1) is 5.92 Å². The Bertz CT molecular complexity index is 1290. The summed E-state index contributed by atoms with van der Waals surface area (Å²) in [5.74, 6) is -1.42. The third-order valence-corrected chi connectivity index (χ3v) is 12.2. The van der Waals surface area contributed by atoms with Gasteiger partial charge in [0.2, 0.25) is 17.7 Å². The van der Waals surface area contributed by atoms with Crippen LogP contribution in [0.3, 0.4) is 0 Å². The van der Waals surface area contributed by atoms with Gasteiger partial charge in [-0.1, -0.05) is 162 Å². The molecule has 13 nitrogen and oxygen atoms in total. The lowest BCUT2D eigenvalue weighted by Crippen LogP contribution is -2.70. The highest BCUT2D eigenvalue weighted by Crippen LogP contribution is 2.26. The van der Waals surface area contributed by atoms with E-state index in [1.807, 2.05) is 13.8 Å². The summed E-state index contributed by atoms with van der Waals surface area (Å²) in [7, 11) is 0. The van der Waals surface area contributed by atoms with E-state index in [4.69, 9.17) is 9.47 Å². The number of ether oxygens (including phenoxy) is 2. The summed E-state index contributed by atoms with van der Waals surface area (Å²) in [6.45, 7) is 14.7. The van der Waals surface area contributed by atoms with E-state index in [1.165, 1.54) is 96.8 Å². The van der Waals surface area contributed by atoms with Crippen LogP contribution in [0.15, 0.2) is 12.2 Å². The zero-order chi connectivity index (χ0) is 48.5. The molecule has 0 aliphatic carbocycles. The first kappa shape index (κ1) is 60.3. The number of alkyl carbamates (subject to hydrolysis) is 1. The van der Waals surface area contributed by atoms with Crippen molar-refractivity contribution in [2.75, 3.05) is 13.2 Å². The Balaban J connectivity index is 3.01. The van der Waals surface area contributed by atoms with Crippen molar-refractivity contribution in [2.45, 2.75) is 277 Å². The number of rotatable bonds is 37. The number of aliphatic hydroxyl groups excluding tert-OH is 3.